The minimum atomic E-state index is -0.262. The van der Waals surface area contributed by atoms with E-state index in [0.29, 0.717) is 6.54 Å². The van der Waals surface area contributed by atoms with Crippen molar-refractivity contribution in [1.29, 1.82) is 0 Å². The normalized spacial score (nSPS) is 12.2. The van der Waals surface area contributed by atoms with Crippen LogP contribution >= 0.6 is 0 Å². The van der Waals surface area contributed by atoms with E-state index < -0.39 is 0 Å². The van der Waals surface area contributed by atoms with Crippen molar-refractivity contribution in [2.75, 3.05) is 6.54 Å². The molecule has 2 aromatic heterocycles. The molecule has 4 heteroatoms. The van der Waals surface area contributed by atoms with Crippen LogP contribution in [0.4, 0.5) is 0 Å². The number of hydrogen-bond donors (Lipinski definition) is 1. The Morgan fingerprint density at radius 2 is 1.85 bits per heavy atom. The van der Waals surface area contributed by atoms with Crippen LogP contribution in [0, 0.1) is 0 Å². The second-order valence-corrected chi connectivity index (χ2v) is 4.42. The summed E-state index contributed by atoms with van der Waals surface area (Å²) in [5, 5.41) is 0.976. The van der Waals surface area contributed by atoms with Gasteiger partial charge in [0, 0.05) is 24.3 Å². The smallest absolute Gasteiger partial charge is 0.153 e. The predicted octanol–water partition coefficient (Wildman–Crippen LogP) is 2.71. The van der Waals surface area contributed by atoms with Gasteiger partial charge >= 0.3 is 0 Å². The maximum absolute atomic E-state index is 6.04. The molecule has 0 radical (unpaired) electrons. The van der Waals surface area contributed by atoms with E-state index in [1.807, 2.05) is 48.5 Å². The van der Waals surface area contributed by atoms with Crippen LogP contribution in [0.15, 0.2) is 60.9 Å². The van der Waals surface area contributed by atoms with Crippen LogP contribution in [-0.4, -0.2) is 16.5 Å². The molecule has 3 rings (SSSR count). The summed E-state index contributed by atoms with van der Waals surface area (Å²) in [5.74, 6) is 0.775. The van der Waals surface area contributed by atoms with Crippen molar-refractivity contribution in [2.45, 2.75) is 6.10 Å². The third-order valence-electron chi connectivity index (χ3n) is 3.11. The fraction of sp³-hybridized carbons (Fsp3) is 0.125. The average molecular weight is 265 g/mol. The van der Waals surface area contributed by atoms with Crippen molar-refractivity contribution >= 4 is 10.9 Å². The maximum Gasteiger partial charge on any atom is 0.153 e. The van der Waals surface area contributed by atoms with Crippen LogP contribution in [0.1, 0.15) is 11.8 Å². The molecule has 1 unspecified atom stereocenters. The summed E-state index contributed by atoms with van der Waals surface area (Å²) >= 11 is 0. The van der Waals surface area contributed by atoms with Gasteiger partial charge in [-0.25, -0.2) is 0 Å². The van der Waals surface area contributed by atoms with Crippen LogP contribution in [0.5, 0.6) is 5.75 Å². The molecular weight excluding hydrogens is 250 g/mol. The molecule has 0 spiro atoms. The van der Waals surface area contributed by atoms with Gasteiger partial charge < -0.3 is 10.5 Å². The summed E-state index contributed by atoms with van der Waals surface area (Å²) in [6.07, 6.45) is 3.25. The Kier molecular flexibility index (Phi) is 3.56. The topological polar surface area (TPSA) is 61.0 Å². The minimum absolute atomic E-state index is 0.262. The molecule has 2 heterocycles. The average Bonchev–Trinajstić information content (AvgIpc) is 2.53. The molecule has 0 aliphatic heterocycles. The lowest BCUT2D eigenvalue weighted by Gasteiger charge is -2.18. The fourth-order valence-electron chi connectivity index (χ4n) is 2.13. The highest BCUT2D eigenvalue weighted by Gasteiger charge is 2.14. The van der Waals surface area contributed by atoms with Gasteiger partial charge in [-0.15, -0.1) is 0 Å². The molecule has 20 heavy (non-hydrogen) atoms. The Bertz CT molecular complexity index is 695. The first-order valence-electron chi connectivity index (χ1n) is 6.50. The molecule has 0 bridgehead atoms. The Morgan fingerprint density at radius 1 is 0.950 bits per heavy atom. The fourth-order valence-corrected chi connectivity index (χ4v) is 2.13. The Labute approximate surface area is 117 Å². The number of aromatic nitrogens is 2. The summed E-state index contributed by atoms with van der Waals surface area (Å²) in [5.41, 5.74) is 7.55. The zero-order chi connectivity index (χ0) is 13.8. The predicted molar refractivity (Wildman–Crippen MR) is 78.4 cm³/mol. The molecule has 100 valence electrons. The van der Waals surface area contributed by atoms with Gasteiger partial charge in [0.05, 0.1) is 11.2 Å². The Balaban J connectivity index is 1.96. The van der Waals surface area contributed by atoms with Crippen molar-refractivity contribution in [3.63, 3.8) is 0 Å². The van der Waals surface area contributed by atoms with E-state index >= 15 is 0 Å². The lowest BCUT2D eigenvalue weighted by molar-refractivity contribution is 0.212. The molecule has 0 fully saturated rings. The SMILES string of the molecule is NCC(Oc1cccc2ncccc12)c1ccccn1. The number of nitrogens with zero attached hydrogens (tertiary/aromatic N) is 2. The van der Waals surface area contributed by atoms with E-state index in [9.17, 15) is 0 Å². The number of hydrogen-bond acceptors (Lipinski definition) is 4. The number of rotatable bonds is 4. The molecule has 0 saturated heterocycles. The molecule has 4 nitrogen and oxygen atoms in total. The highest BCUT2D eigenvalue weighted by Crippen LogP contribution is 2.27. The number of ether oxygens (including phenoxy) is 1. The zero-order valence-electron chi connectivity index (χ0n) is 10.9. The van der Waals surface area contributed by atoms with E-state index in [4.69, 9.17) is 10.5 Å². The van der Waals surface area contributed by atoms with E-state index in [1.165, 1.54) is 0 Å². The molecule has 0 amide bonds. The maximum atomic E-state index is 6.04. The molecule has 3 aromatic rings. The van der Waals surface area contributed by atoms with Crippen LogP contribution < -0.4 is 10.5 Å². The highest BCUT2D eigenvalue weighted by molar-refractivity contribution is 5.84. The van der Waals surface area contributed by atoms with E-state index in [-0.39, 0.29) is 6.10 Å². The van der Waals surface area contributed by atoms with Crippen LogP contribution in [0.3, 0.4) is 0 Å². The summed E-state index contributed by atoms with van der Waals surface area (Å²) in [4.78, 5) is 8.63. The summed E-state index contributed by atoms with van der Waals surface area (Å²) in [6.45, 7) is 0.369. The zero-order valence-corrected chi connectivity index (χ0v) is 10.9. The molecule has 1 atom stereocenters. The Morgan fingerprint density at radius 3 is 2.65 bits per heavy atom. The first-order valence-corrected chi connectivity index (χ1v) is 6.50. The molecular formula is C16H15N3O. The largest absolute Gasteiger partial charge is 0.482 e. The lowest BCUT2D eigenvalue weighted by atomic mass is 10.2. The van der Waals surface area contributed by atoms with Crippen molar-refractivity contribution in [3.8, 4) is 5.75 Å². The van der Waals surface area contributed by atoms with Gasteiger partial charge in [-0.2, -0.15) is 0 Å². The molecule has 0 saturated carbocycles. The first-order chi connectivity index (χ1) is 9.88. The van der Waals surface area contributed by atoms with Gasteiger partial charge in [0.15, 0.2) is 6.10 Å². The number of benzene rings is 1. The van der Waals surface area contributed by atoms with Gasteiger partial charge in [0.1, 0.15) is 5.75 Å². The van der Waals surface area contributed by atoms with Crippen molar-refractivity contribution in [3.05, 3.63) is 66.6 Å². The molecule has 0 aliphatic rings. The number of nitrogens with two attached hydrogens (primary N) is 1. The van der Waals surface area contributed by atoms with Crippen LogP contribution in [0.25, 0.3) is 10.9 Å². The van der Waals surface area contributed by atoms with Crippen LogP contribution in [0.2, 0.25) is 0 Å². The standard InChI is InChI=1S/C16H15N3O/c17-11-16(14-6-1-2-9-19-14)20-15-8-3-7-13-12(15)5-4-10-18-13/h1-10,16H,11,17H2. The van der Waals surface area contributed by atoms with E-state index in [0.717, 1.165) is 22.3 Å². The quantitative estimate of drug-likeness (QED) is 0.788. The van der Waals surface area contributed by atoms with Gasteiger partial charge in [-0.3, -0.25) is 9.97 Å². The van der Waals surface area contributed by atoms with E-state index in [1.54, 1.807) is 12.4 Å². The minimum Gasteiger partial charge on any atom is -0.482 e. The summed E-state index contributed by atoms with van der Waals surface area (Å²) < 4.78 is 6.04. The summed E-state index contributed by atoms with van der Waals surface area (Å²) in [7, 11) is 0. The van der Waals surface area contributed by atoms with Gasteiger partial charge in [-0.1, -0.05) is 12.1 Å². The number of fused-ring (bicyclic) bond motifs is 1. The lowest BCUT2D eigenvalue weighted by Crippen LogP contribution is -2.19. The van der Waals surface area contributed by atoms with E-state index in [2.05, 4.69) is 9.97 Å². The van der Waals surface area contributed by atoms with Gasteiger partial charge in [0.2, 0.25) is 0 Å². The molecule has 2 N–H and O–H groups in total. The van der Waals surface area contributed by atoms with Gasteiger partial charge in [0.25, 0.3) is 0 Å². The second-order valence-electron chi connectivity index (χ2n) is 4.42. The monoisotopic (exact) mass is 265 g/mol. The van der Waals surface area contributed by atoms with Gasteiger partial charge in [-0.05, 0) is 36.4 Å². The molecule has 0 aliphatic carbocycles. The number of pyridine rings is 2. The van der Waals surface area contributed by atoms with Crippen molar-refractivity contribution in [2.24, 2.45) is 5.73 Å². The highest BCUT2D eigenvalue weighted by atomic mass is 16.5. The van der Waals surface area contributed by atoms with Crippen molar-refractivity contribution in [1.82, 2.24) is 9.97 Å². The second kappa shape index (κ2) is 5.67. The third kappa shape index (κ3) is 2.46. The first kappa shape index (κ1) is 12.6. The summed E-state index contributed by atoms with van der Waals surface area (Å²) in [6, 6.07) is 15.4. The van der Waals surface area contributed by atoms with Crippen molar-refractivity contribution < 1.29 is 4.74 Å². The third-order valence-corrected chi connectivity index (χ3v) is 3.11. The Hall–Kier alpha value is -2.46. The van der Waals surface area contributed by atoms with Crippen LogP contribution in [-0.2, 0) is 0 Å². The molecule has 1 aromatic carbocycles.